The number of carbonyl (C=O) groups is 4. The van der Waals surface area contributed by atoms with E-state index >= 15 is 0 Å². The normalized spacial score (nSPS) is 13.9. The second-order valence-corrected chi connectivity index (χ2v) is 15.3. The highest BCUT2D eigenvalue weighted by atomic mass is 35.5. The van der Waals surface area contributed by atoms with E-state index in [2.05, 4.69) is 0 Å². The van der Waals surface area contributed by atoms with Crippen LogP contribution in [-0.2, 0) is 23.0 Å². The first kappa shape index (κ1) is 35.3. The lowest BCUT2D eigenvalue weighted by molar-refractivity contribution is 0.0613. The molecule has 0 saturated carbocycles. The van der Waals surface area contributed by atoms with Crippen LogP contribution in [0.15, 0.2) is 107 Å². The quantitative estimate of drug-likeness (QED) is 0.125. The fraction of sp³-hybridized carbons (Fsp3) is 0.135. The molecule has 2 amide bonds. The Hall–Kier alpha value is -5.50. The fourth-order valence-electron chi connectivity index (χ4n) is 6.05. The van der Waals surface area contributed by atoms with Crippen LogP contribution in [0.25, 0.3) is 0 Å². The average molecular weight is 745 g/mol. The van der Waals surface area contributed by atoms with E-state index in [0.29, 0.717) is 40.9 Å². The summed E-state index contributed by atoms with van der Waals surface area (Å²) in [6.07, 6.45) is 2.04. The zero-order chi connectivity index (χ0) is 36.3. The van der Waals surface area contributed by atoms with E-state index in [-0.39, 0.29) is 15.1 Å². The molecule has 1 atom stereocenters. The van der Waals surface area contributed by atoms with E-state index in [1.54, 1.807) is 36.4 Å². The number of halogens is 1. The van der Waals surface area contributed by atoms with Crippen LogP contribution in [0.2, 0.25) is 4.34 Å². The smallest absolute Gasteiger partial charge is 0.336 e. The molecule has 51 heavy (non-hydrogen) atoms. The number of carbonyl (C=O) groups excluding carboxylic acids is 2. The van der Waals surface area contributed by atoms with Gasteiger partial charge in [-0.05, 0) is 84.5 Å². The molecule has 0 aliphatic heterocycles. The van der Waals surface area contributed by atoms with Crippen molar-refractivity contribution >= 4 is 56.7 Å². The standard InChI is InChI=1S/C37H29ClN2O9S2/c38-32-16-17-33(50-32)51(47,48)39-34(41)27-19-28(30(37(45)46)20-29(27)36(43)44)35(42)40(31-15-7-10-23-9-4-5-14-26(23)31)21-22-8-6-13-25(18-22)49-24-11-2-1-3-12-24/h1-6,8-9,11-14,16-20,31H,7,10,15,21H2,(H,39,41)(H,43,44)(H,45,46)/t31-/m0/s1. The molecule has 1 aliphatic rings. The van der Waals surface area contributed by atoms with Crippen molar-refractivity contribution in [2.75, 3.05) is 0 Å². The van der Waals surface area contributed by atoms with Crippen molar-refractivity contribution in [2.24, 2.45) is 0 Å². The van der Waals surface area contributed by atoms with E-state index in [0.717, 1.165) is 30.0 Å². The Morgan fingerprint density at radius 1 is 0.804 bits per heavy atom. The molecule has 0 fully saturated rings. The van der Waals surface area contributed by atoms with Gasteiger partial charge in [0, 0.05) is 6.54 Å². The van der Waals surface area contributed by atoms with Gasteiger partial charge in [-0.25, -0.2) is 22.7 Å². The zero-order valence-corrected chi connectivity index (χ0v) is 29.0. The van der Waals surface area contributed by atoms with Gasteiger partial charge in [-0.2, -0.15) is 0 Å². The molecule has 4 aromatic carbocycles. The number of fused-ring (bicyclic) bond motifs is 1. The zero-order valence-electron chi connectivity index (χ0n) is 26.6. The maximum absolute atomic E-state index is 14.7. The second-order valence-electron chi connectivity index (χ2n) is 11.6. The SMILES string of the molecule is O=C(O)c1cc(C(=O)O)c(C(=O)N(Cc2cccc(Oc3ccccc3)c2)[C@H]2CCCc3ccccc32)cc1C(=O)NS(=O)(=O)c1ccc(Cl)s1. The van der Waals surface area contributed by atoms with Gasteiger partial charge in [0.1, 0.15) is 15.7 Å². The lowest BCUT2D eigenvalue weighted by Gasteiger charge is -2.36. The van der Waals surface area contributed by atoms with Gasteiger partial charge >= 0.3 is 11.9 Å². The predicted octanol–water partition coefficient (Wildman–Crippen LogP) is 7.43. The summed E-state index contributed by atoms with van der Waals surface area (Å²) >= 11 is 6.55. The van der Waals surface area contributed by atoms with Gasteiger partial charge in [-0.15, -0.1) is 11.3 Å². The fourth-order valence-corrected chi connectivity index (χ4v) is 8.50. The van der Waals surface area contributed by atoms with Gasteiger partial charge in [-0.1, -0.05) is 66.2 Å². The lowest BCUT2D eigenvalue weighted by Crippen LogP contribution is -2.37. The van der Waals surface area contributed by atoms with Crippen molar-refractivity contribution in [1.82, 2.24) is 9.62 Å². The molecule has 1 heterocycles. The van der Waals surface area contributed by atoms with E-state index in [4.69, 9.17) is 16.3 Å². The molecule has 11 nitrogen and oxygen atoms in total. The molecular weight excluding hydrogens is 716 g/mol. The van der Waals surface area contributed by atoms with Crippen LogP contribution in [0.1, 0.15) is 77.0 Å². The number of nitrogens with zero attached hydrogens (tertiary/aromatic N) is 1. The Kier molecular flexibility index (Phi) is 10.2. The molecule has 3 N–H and O–H groups in total. The topological polar surface area (TPSA) is 167 Å². The molecule has 260 valence electrons. The highest BCUT2D eigenvalue weighted by molar-refractivity contribution is 7.92. The van der Waals surface area contributed by atoms with Crippen molar-refractivity contribution in [2.45, 2.75) is 36.1 Å². The third-order valence-electron chi connectivity index (χ3n) is 8.34. The molecule has 14 heteroatoms. The largest absolute Gasteiger partial charge is 0.478 e. The number of thiophene rings is 1. The number of amides is 2. The first-order chi connectivity index (χ1) is 24.4. The van der Waals surface area contributed by atoms with Gasteiger partial charge in [0.15, 0.2) is 0 Å². The number of benzene rings is 4. The molecular formula is C37H29ClN2O9S2. The van der Waals surface area contributed by atoms with E-state index < -0.39 is 62.1 Å². The summed E-state index contributed by atoms with van der Waals surface area (Å²) in [5.74, 6) is -4.39. The van der Waals surface area contributed by atoms with Gasteiger partial charge < -0.3 is 19.8 Å². The minimum atomic E-state index is -4.51. The minimum absolute atomic E-state index is 0.0153. The summed E-state index contributed by atoms with van der Waals surface area (Å²) in [7, 11) is -4.51. The molecule has 1 aromatic heterocycles. The number of aromatic carboxylic acids is 2. The summed E-state index contributed by atoms with van der Waals surface area (Å²) < 4.78 is 33.6. The Morgan fingerprint density at radius 3 is 2.18 bits per heavy atom. The molecule has 6 rings (SSSR count). The van der Waals surface area contributed by atoms with Crippen molar-refractivity contribution in [3.8, 4) is 11.5 Å². The Balaban J connectivity index is 1.44. The van der Waals surface area contributed by atoms with Gasteiger partial charge in [0.2, 0.25) is 0 Å². The van der Waals surface area contributed by atoms with E-state index in [1.165, 1.54) is 17.0 Å². The van der Waals surface area contributed by atoms with Crippen LogP contribution in [0.3, 0.4) is 0 Å². The highest BCUT2D eigenvalue weighted by Gasteiger charge is 2.34. The number of hydrogen-bond acceptors (Lipinski definition) is 8. The monoisotopic (exact) mass is 744 g/mol. The van der Waals surface area contributed by atoms with Gasteiger partial charge in [0.05, 0.1) is 32.6 Å². The van der Waals surface area contributed by atoms with Crippen LogP contribution < -0.4 is 9.46 Å². The number of carboxylic acids is 2. The average Bonchev–Trinajstić information content (AvgIpc) is 3.57. The summed E-state index contributed by atoms with van der Waals surface area (Å²) in [4.78, 5) is 54.6. The van der Waals surface area contributed by atoms with Crippen molar-refractivity contribution in [3.05, 3.63) is 146 Å². The number of sulfonamides is 1. The van der Waals surface area contributed by atoms with E-state index in [1.807, 2.05) is 47.2 Å². The first-order valence-corrected chi connectivity index (χ1v) is 18.3. The van der Waals surface area contributed by atoms with Crippen LogP contribution in [0.5, 0.6) is 11.5 Å². The summed E-state index contributed by atoms with van der Waals surface area (Å²) in [6.45, 7) is -0.0153. The van der Waals surface area contributed by atoms with Crippen LogP contribution >= 0.6 is 22.9 Å². The highest BCUT2D eigenvalue weighted by Crippen LogP contribution is 2.37. The summed E-state index contributed by atoms with van der Waals surface area (Å²) in [5.41, 5.74) is -0.146. The summed E-state index contributed by atoms with van der Waals surface area (Å²) in [5, 5.41) is 20.2. The van der Waals surface area contributed by atoms with Crippen LogP contribution in [-0.4, -0.2) is 47.3 Å². The van der Waals surface area contributed by atoms with Gasteiger partial charge in [-0.3, -0.25) is 9.59 Å². The maximum atomic E-state index is 14.7. The molecule has 0 bridgehead atoms. The number of nitrogens with one attached hydrogen (secondary N) is 1. The lowest BCUT2D eigenvalue weighted by atomic mass is 9.86. The predicted molar refractivity (Wildman–Crippen MR) is 189 cm³/mol. The Morgan fingerprint density at radius 2 is 1.47 bits per heavy atom. The molecule has 0 radical (unpaired) electrons. The first-order valence-electron chi connectivity index (χ1n) is 15.6. The van der Waals surface area contributed by atoms with Gasteiger partial charge in [0.25, 0.3) is 21.8 Å². The number of ether oxygens (including phenoxy) is 1. The van der Waals surface area contributed by atoms with Crippen LogP contribution in [0, 0.1) is 0 Å². The third-order valence-corrected chi connectivity index (χ3v) is 11.4. The number of carboxylic acid groups (broad SMARTS) is 2. The number of aryl methyl sites for hydroxylation is 1. The molecule has 0 unspecified atom stereocenters. The third kappa shape index (κ3) is 7.80. The Labute approximate surface area is 301 Å². The molecule has 1 aliphatic carbocycles. The molecule has 0 spiro atoms. The minimum Gasteiger partial charge on any atom is -0.478 e. The van der Waals surface area contributed by atoms with E-state index in [9.17, 15) is 37.8 Å². The molecule has 5 aromatic rings. The number of para-hydroxylation sites is 1. The maximum Gasteiger partial charge on any atom is 0.336 e. The van der Waals surface area contributed by atoms with Crippen LogP contribution in [0.4, 0.5) is 0 Å². The van der Waals surface area contributed by atoms with Crippen molar-refractivity contribution in [1.29, 1.82) is 0 Å². The summed E-state index contributed by atoms with van der Waals surface area (Å²) in [6, 6.07) is 27.3. The second kappa shape index (κ2) is 14.8. The molecule has 0 saturated heterocycles. The number of hydrogen-bond donors (Lipinski definition) is 3. The Bertz CT molecular complexity index is 2270. The van der Waals surface area contributed by atoms with Crippen molar-refractivity contribution in [3.63, 3.8) is 0 Å². The van der Waals surface area contributed by atoms with Crippen molar-refractivity contribution < 1.29 is 42.5 Å². The number of rotatable bonds is 11.